The predicted octanol–water partition coefficient (Wildman–Crippen LogP) is 2.81. The van der Waals surface area contributed by atoms with Crippen LogP contribution >= 0.6 is 11.6 Å². The van der Waals surface area contributed by atoms with Crippen LogP contribution in [0.4, 0.5) is 4.39 Å². The molecule has 4 nitrogen and oxygen atoms in total. The number of carbonyl (C=O) groups excluding carboxylic acids is 1. The van der Waals surface area contributed by atoms with E-state index in [0.717, 1.165) is 6.42 Å². The molecule has 2 rings (SSSR count). The molecule has 1 aliphatic rings. The van der Waals surface area contributed by atoms with Crippen LogP contribution < -0.4 is 0 Å². The van der Waals surface area contributed by atoms with Crippen LogP contribution in [0.25, 0.3) is 0 Å². The van der Waals surface area contributed by atoms with E-state index >= 15 is 0 Å². The molecular weight excluding hydrogens is 285 g/mol. The Balaban J connectivity index is 2.01. The van der Waals surface area contributed by atoms with E-state index < -0.39 is 11.8 Å². The Bertz CT molecular complexity index is 535. The number of carboxylic acids is 1. The molecule has 1 N–H and O–H groups in total. The zero-order valence-electron chi connectivity index (χ0n) is 10.8. The molecule has 6 heteroatoms. The molecule has 0 aromatic heterocycles. The minimum absolute atomic E-state index is 0.105. The van der Waals surface area contributed by atoms with Crippen LogP contribution in [0.2, 0.25) is 5.02 Å². The summed E-state index contributed by atoms with van der Waals surface area (Å²) in [6, 6.07) is 4.16. The van der Waals surface area contributed by atoms with Crippen molar-refractivity contribution in [3.8, 4) is 0 Å². The van der Waals surface area contributed by atoms with E-state index in [4.69, 9.17) is 16.7 Å². The summed E-state index contributed by atoms with van der Waals surface area (Å²) in [7, 11) is 0. The molecule has 108 valence electrons. The van der Waals surface area contributed by atoms with Crippen molar-refractivity contribution in [1.29, 1.82) is 0 Å². The monoisotopic (exact) mass is 299 g/mol. The maximum Gasteiger partial charge on any atom is 0.303 e. The van der Waals surface area contributed by atoms with E-state index in [1.54, 1.807) is 4.90 Å². The number of amides is 1. The molecule has 1 aromatic carbocycles. The molecule has 0 aliphatic carbocycles. The van der Waals surface area contributed by atoms with Crippen LogP contribution in [0.3, 0.4) is 0 Å². The van der Waals surface area contributed by atoms with Gasteiger partial charge in [-0.05, 0) is 30.9 Å². The van der Waals surface area contributed by atoms with Crippen molar-refractivity contribution < 1.29 is 19.1 Å². The summed E-state index contributed by atoms with van der Waals surface area (Å²) in [5.41, 5.74) is 0.158. The lowest BCUT2D eigenvalue weighted by molar-refractivity contribution is -0.137. The van der Waals surface area contributed by atoms with Gasteiger partial charge in [0.05, 0.1) is 10.6 Å². The molecule has 1 amide bonds. The Kier molecular flexibility index (Phi) is 4.60. The van der Waals surface area contributed by atoms with Crippen LogP contribution in [0.15, 0.2) is 18.2 Å². The van der Waals surface area contributed by atoms with Crippen molar-refractivity contribution in [2.24, 2.45) is 5.92 Å². The third kappa shape index (κ3) is 3.28. The molecule has 20 heavy (non-hydrogen) atoms. The zero-order chi connectivity index (χ0) is 14.7. The lowest BCUT2D eigenvalue weighted by Crippen LogP contribution is -2.29. The standard InChI is InChI=1S/C14H15ClFNO3/c15-13-10(2-1-3-11(13)16)14(20)17-7-6-9(8-17)4-5-12(18)19/h1-3,9H,4-8H2,(H,18,19). The van der Waals surface area contributed by atoms with Gasteiger partial charge in [-0.25, -0.2) is 4.39 Å². The van der Waals surface area contributed by atoms with Crippen LogP contribution in [-0.2, 0) is 4.79 Å². The van der Waals surface area contributed by atoms with Crippen molar-refractivity contribution in [2.45, 2.75) is 19.3 Å². The number of aliphatic carboxylic acids is 1. The fourth-order valence-corrected chi connectivity index (χ4v) is 2.63. The van der Waals surface area contributed by atoms with E-state index in [2.05, 4.69) is 0 Å². The number of rotatable bonds is 4. The summed E-state index contributed by atoms with van der Waals surface area (Å²) in [5.74, 6) is -1.56. The van der Waals surface area contributed by atoms with Gasteiger partial charge in [0.2, 0.25) is 0 Å². The van der Waals surface area contributed by atoms with Crippen LogP contribution in [0.5, 0.6) is 0 Å². The molecule has 0 radical (unpaired) electrons. The van der Waals surface area contributed by atoms with Gasteiger partial charge in [-0.2, -0.15) is 0 Å². The maximum atomic E-state index is 13.3. The van der Waals surface area contributed by atoms with Crippen molar-refractivity contribution in [3.05, 3.63) is 34.6 Å². The third-order valence-electron chi connectivity index (χ3n) is 3.52. The number of benzene rings is 1. The SMILES string of the molecule is O=C(O)CCC1CCN(C(=O)c2cccc(F)c2Cl)C1. The number of hydrogen-bond donors (Lipinski definition) is 1. The third-order valence-corrected chi connectivity index (χ3v) is 3.91. The highest BCUT2D eigenvalue weighted by atomic mass is 35.5. The summed E-state index contributed by atoms with van der Waals surface area (Å²) in [6.07, 6.45) is 1.43. The largest absolute Gasteiger partial charge is 0.481 e. The van der Waals surface area contributed by atoms with Gasteiger partial charge in [0.1, 0.15) is 5.82 Å². The second-order valence-corrected chi connectivity index (χ2v) is 5.32. The summed E-state index contributed by atoms with van der Waals surface area (Å²) in [4.78, 5) is 24.4. The Hall–Kier alpha value is -1.62. The lowest BCUT2D eigenvalue weighted by Gasteiger charge is -2.17. The fraction of sp³-hybridized carbons (Fsp3) is 0.429. The zero-order valence-corrected chi connectivity index (χ0v) is 11.6. The number of nitrogens with zero attached hydrogens (tertiary/aromatic N) is 1. The first-order chi connectivity index (χ1) is 9.49. The summed E-state index contributed by atoms with van der Waals surface area (Å²) in [5, 5.41) is 8.49. The minimum Gasteiger partial charge on any atom is -0.481 e. The van der Waals surface area contributed by atoms with Gasteiger partial charge in [0, 0.05) is 19.5 Å². The molecule has 1 heterocycles. The van der Waals surface area contributed by atoms with Gasteiger partial charge in [-0.1, -0.05) is 17.7 Å². The van der Waals surface area contributed by atoms with Gasteiger partial charge >= 0.3 is 5.97 Å². The second kappa shape index (κ2) is 6.22. The molecule has 0 spiro atoms. The van der Waals surface area contributed by atoms with E-state index in [-0.39, 0.29) is 28.8 Å². The molecule has 1 fully saturated rings. The van der Waals surface area contributed by atoms with Crippen molar-refractivity contribution in [3.63, 3.8) is 0 Å². The van der Waals surface area contributed by atoms with Crippen molar-refractivity contribution >= 4 is 23.5 Å². The normalized spacial score (nSPS) is 18.3. The highest BCUT2D eigenvalue weighted by Gasteiger charge is 2.28. The summed E-state index contributed by atoms with van der Waals surface area (Å²) >= 11 is 5.81. The Morgan fingerprint density at radius 2 is 2.20 bits per heavy atom. The Morgan fingerprint density at radius 1 is 1.45 bits per heavy atom. The van der Waals surface area contributed by atoms with Gasteiger partial charge < -0.3 is 10.0 Å². The van der Waals surface area contributed by atoms with E-state index in [9.17, 15) is 14.0 Å². The van der Waals surface area contributed by atoms with Crippen LogP contribution in [0, 0.1) is 11.7 Å². The first-order valence-electron chi connectivity index (χ1n) is 6.44. The number of hydrogen-bond acceptors (Lipinski definition) is 2. The topological polar surface area (TPSA) is 57.6 Å². The molecule has 1 atom stereocenters. The molecule has 0 saturated carbocycles. The first-order valence-corrected chi connectivity index (χ1v) is 6.82. The number of carboxylic acid groups (broad SMARTS) is 1. The van der Waals surface area contributed by atoms with Crippen LogP contribution in [-0.4, -0.2) is 35.0 Å². The van der Waals surface area contributed by atoms with E-state index in [1.807, 2.05) is 0 Å². The lowest BCUT2D eigenvalue weighted by atomic mass is 10.0. The molecule has 1 aliphatic heterocycles. The maximum absolute atomic E-state index is 13.3. The quantitative estimate of drug-likeness (QED) is 0.930. The molecule has 1 aromatic rings. The summed E-state index contributed by atoms with van der Waals surface area (Å²) < 4.78 is 13.3. The highest BCUT2D eigenvalue weighted by Crippen LogP contribution is 2.26. The first kappa shape index (κ1) is 14.8. The van der Waals surface area contributed by atoms with Gasteiger partial charge in [0.25, 0.3) is 5.91 Å². The molecular formula is C14H15ClFNO3. The number of halogens is 2. The molecule has 1 unspecified atom stereocenters. The summed E-state index contributed by atoms with van der Waals surface area (Å²) in [6.45, 7) is 1.05. The smallest absolute Gasteiger partial charge is 0.303 e. The number of carbonyl (C=O) groups is 2. The molecule has 0 bridgehead atoms. The Labute approximate surface area is 121 Å². The predicted molar refractivity (Wildman–Crippen MR) is 72.3 cm³/mol. The van der Waals surface area contributed by atoms with E-state index in [0.29, 0.717) is 19.5 Å². The van der Waals surface area contributed by atoms with Crippen LogP contribution in [0.1, 0.15) is 29.6 Å². The molecule has 1 saturated heterocycles. The second-order valence-electron chi connectivity index (χ2n) is 4.94. The van der Waals surface area contributed by atoms with Gasteiger partial charge in [-0.15, -0.1) is 0 Å². The Morgan fingerprint density at radius 3 is 2.90 bits per heavy atom. The fourth-order valence-electron chi connectivity index (χ4n) is 2.42. The average Bonchev–Trinajstić information content (AvgIpc) is 2.87. The number of likely N-dealkylation sites (tertiary alicyclic amines) is 1. The highest BCUT2D eigenvalue weighted by molar-refractivity contribution is 6.34. The average molecular weight is 300 g/mol. The van der Waals surface area contributed by atoms with Gasteiger partial charge in [0.15, 0.2) is 0 Å². The van der Waals surface area contributed by atoms with Crippen molar-refractivity contribution in [1.82, 2.24) is 4.90 Å². The van der Waals surface area contributed by atoms with E-state index in [1.165, 1.54) is 18.2 Å². The van der Waals surface area contributed by atoms with Gasteiger partial charge in [-0.3, -0.25) is 9.59 Å². The minimum atomic E-state index is -0.831. The van der Waals surface area contributed by atoms with Crippen molar-refractivity contribution in [2.75, 3.05) is 13.1 Å².